The van der Waals surface area contributed by atoms with Gasteiger partial charge >= 0.3 is 37.6 Å². The Kier molecular flexibility index (Phi) is 15.0. The zero-order valence-corrected chi connectivity index (χ0v) is 23.7. The predicted octanol–water partition coefficient (Wildman–Crippen LogP) is 0.152. The highest BCUT2D eigenvalue weighted by Gasteiger charge is 2.47. The number of hydrogen-bond donors (Lipinski definition) is 4. The van der Waals surface area contributed by atoms with E-state index in [1.54, 1.807) is 12.1 Å². The summed E-state index contributed by atoms with van der Waals surface area (Å²) >= 11 is 0. The van der Waals surface area contributed by atoms with Crippen molar-refractivity contribution < 1.29 is 71.9 Å². The summed E-state index contributed by atoms with van der Waals surface area (Å²) in [6, 6.07) is 9.05. The molecular weight excluding hydrogens is 573 g/mol. The Morgan fingerprint density at radius 3 is 1.93 bits per heavy atom. The molecule has 0 unspecified atom stereocenters. The highest BCUT2D eigenvalue weighted by molar-refractivity contribution is 7.54. The van der Waals surface area contributed by atoms with Crippen LogP contribution in [0.2, 0.25) is 0 Å². The van der Waals surface area contributed by atoms with E-state index in [1.807, 2.05) is 18.2 Å². The smallest absolute Gasteiger partial charge is 0.436 e. The largest absolute Gasteiger partial charge is 0.453 e. The monoisotopic (exact) mass is 607 g/mol. The average Bonchev–Trinajstić information content (AvgIpc) is 2.86. The van der Waals surface area contributed by atoms with Crippen molar-refractivity contribution in [3.8, 4) is 0 Å². The van der Waals surface area contributed by atoms with Crippen LogP contribution >= 0.6 is 7.60 Å². The molecule has 0 spiro atoms. The number of hydrogen-bond acceptors (Lipinski definition) is 15. The van der Waals surface area contributed by atoms with Crippen LogP contribution < -0.4 is 5.32 Å². The summed E-state index contributed by atoms with van der Waals surface area (Å²) in [6.45, 7) is 3.64. The van der Waals surface area contributed by atoms with Gasteiger partial charge in [0.2, 0.25) is 6.29 Å². The lowest BCUT2D eigenvalue weighted by Gasteiger charge is -2.40. The number of amides is 1. The minimum atomic E-state index is -3.93. The number of esters is 2. The van der Waals surface area contributed by atoms with Crippen molar-refractivity contribution in [2.45, 2.75) is 65.0 Å². The molecule has 0 aromatic heterocycles. The van der Waals surface area contributed by atoms with Crippen LogP contribution in [0.15, 0.2) is 30.3 Å². The Balaban J connectivity index is 0.000000422. The Labute approximate surface area is 235 Å². The maximum absolute atomic E-state index is 12.1. The Morgan fingerprint density at radius 2 is 1.44 bits per heavy atom. The first kappa shape index (κ1) is 35.5. The quantitative estimate of drug-likeness (QED) is 0.158. The summed E-state index contributed by atoms with van der Waals surface area (Å²) in [5.41, 5.74) is 0.813. The molecule has 0 bridgehead atoms. The van der Waals surface area contributed by atoms with E-state index in [2.05, 4.69) is 14.4 Å². The van der Waals surface area contributed by atoms with E-state index in [4.69, 9.17) is 24.1 Å². The van der Waals surface area contributed by atoms with Gasteiger partial charge in [0.15, 0.2) is 6.10 Å². The van der Waals surface area contributed by atoms with Crippen molar-refractivity contribution in [1.29, 1.82) is 0 Å². The second-order valence-corrected chi connectivity index (χ2v) is 10.4. The first-order valence-electron chi connectivity index (χ1n) is 12.1. The molecule has 1 aliphatic heterocycles. The highest BCUT2D eigenvalue weighted by atomic mass is 31.2. The molecule has 0 radical (unpaired) electrons. The lowest BCUT2D eigenvalue weighted by atomic mass is 9.99. The third-order valence-electron chi connectivity index (χ3n) is 4.81. The maximum Gasteiger partial charge on any atom is 0.436 e. The van der Waals surface area contributed by atoms with Crippen molar-refractivity contribution in [3.05, 3.63) is 35.9 Å². The van der Waals surface area contributed by atoms with Crippen LogP contribution in [0.5, 0.6) is 0 Å². The lowest BCUT2D eigenvalue weighted by molar-refractivity contribution is -0.295. The van der Waals surface area contributed by atoms with E-state index in [-0.39, 0.29) is 19.3 Å². The van der Waals surface area contributed by atoms with E-state index >= 15 is 0 Å². The number of alkyl carbamates (subject to hydrolysis) is 1. The minimum absolute atomic E-state index is 0.0816. The van der Waals surface area contributed by atoms with Gasteiger partial charge in [-0.25, -0.2) is 9.36 Å². The van der Waals surface area contributed by atoms with Crippen LogP contribution in [0.3, 0.4) is 0 Å². The summed E-state index contributed by atoms with van der Waals surface area (Å²) in [5, 5.41) is 30.7. The number of carbonyl (C=O) groups is 5. The number of carbonyl (C=O) groups excluding carboxylic acids is 5. The van der Waals surface area contributed by atoms with Crippen LogP contribution in [-0.4, -0.2) is 95.3 Å². The topological polar surface area (TPSA) is 231 Å². The molecule has 5 atom stereocenters. The first-order valence-corrected chi connectivity index (χ1v) is 13.8. The number of aliphatic hydroxyl groups excluding tert-OH is 3. The lowest BCUT2D eigenvalue weighted by Crippen LogP contribution is -2.60. The van der Waals surface area contributed by atoms with Gasteiger partial charge in [-0.15, -0.1) is 0 Å². The van der Waals surface area contributed by atoms with Gasteiger partial charge in [0.1, 0.15) is 24.9 Å². The first-order chi connectivity index (χ1) is 19.2. The summed E-state index contributed by atoms with van der Waals surface area (Å²) in [7, 11) is -3.93. The van der Waals surface area contributed by atoms with Crippen LogP contribution in [0.4, 0.5) is 4.79 Å². The third-order valence-corrected chi connectivity index (χ3v) is 6.65. The van der Waals surface area contributed by atoms with E-state index in [0.717, 1.165) is 33.3 Å². The fourth-order valence-electron chi connectivity index (χ4n) is 3.20. The molecule has 17 heteroatoms. The number of aliphatic hydroxyl groups is 3. The van der Waals surface area contributed by atoms with Gasteiger partial charge in [-0.2, -0.15) is 0 Å². The molecule has 1 saturated heterocycles. The highest BCUT2D eigenvalue weighted by Crippen LogP contribution is 2.47. The van der Waals surface area contributed by atoms with Crippen molar-refractivity contribution in [2.24, 2.45) is 0 Å². The second kappa shape index (κ2) is 17.3. The molecule has 0 saturated carbocycles. The van der Waals surface area contributed by atoms with Gasteiger partial charge in [0.05, 0.1) is 12.8 Å². The Hall–Kier alpha value is -3.56. The average molecular weight is 608 g/mol. The Morgan fingerprint density at radius 1 is 0.878 bits per heavy atom. The molecule has 230 valence electrons. The van der Waals surface area contributed by atoms with Gasteiger partial charge in [0, 0.05) is 34.2 Å². The predicted molar refractivity (Wildman–Crippen MR) is 136 cm³/mol. The standard InChI is InChI=1S/C14H18NO7P.C10H16O8/c1-11(16)21-23(19,22-12(2)17)9-8-15-14(18)20-10-13-6-4-3-5-7-13;1-4(12)16-9-8(15)7(14)6(3-11)18-10(9)17-5(2)13/h3-7H,8-10H2,1-2H3,(H,15,18);6-11,14-15H,3H2,1-2H3/t;6-,7+,8+,9-,10-/m.1/s1. The van der Waals surface area contributed by atoms with E-state index in [1.165, 1.54) is 0 Å². The van der Waals surface area contributed by atoms with Crippen LogP contribution in [-0.2, 0) is 58.3 Å². The minimum Gasteiger partial charge on any atom is -0.453 e. The second-order valence-electron chi connectivity index (χ2n) is 8.38. The summed E-state index contributed by atoms with van der Waals surface area (Å²) in [6.07, 6.45) is -7.89. The Bertz CT molecular complexity index is 1060. The molecule has 1 fully saturated rings. The van der Waals surface area contributed by atoms with Crippen LogP contribution in [0, 0.1) is 0 Å². The maximum atomic E-state index is 12.1. The van der Waals surface area contributed by atoms with E-state index < -0.39 is 74.9 Å². The van der Waals surface area contributed by atoms with Crippen molar-refractivity contribution in [2.75, 3.05) is 19.3 Å². The molecule has 1 aromatic carbocycles. The van der Waals surface area contributed by atoms with Gasteiger partial charge in [-0.3, -0.25) is 19.2 Å². The van der Waals surface area contributed by atoms with E-state index in [0.29, 0.717) is 0 Å². The fourth-order valence-corrected chi connectivity index (χ4v) is 4.59. The molecule has 1 aromatic rings. The van der Waals surface area contributed by atoms with Crippen molar-refractivity contribution in [3.63, 3.8) is 0 Å². The summed E-state index contributed by atoms with van der Waals surface area (Å²) in [4.78, 5) is 55.1. The molecule has 2 rings (SSSR count). The van der Waals surface area contributed by atoms with Gasteiger partial charge < -0.3 is 48.6 Å². The van der Waals surface area contributed by atoms with Crippen LogP contribution in [0.25, 0.3) is 0 Å². The molecule has 4 N–H and O–H groups in total. The number of nitrogens with one attached hydrogen (secondary N) is 1. The zero-order chi connectivity index (χ0) is 31.2. The molecule has 1 heterocycles. The SMILES string of the molecule is CC(=O)OP(=O)(CCNC(=O)OCc1ccccc1)OC(C)=O.CC(=O)O[C@@H]1O[C@H](CO)[C@H](O)[C@H](O)[C@H]1OC(C)=O. The molecule has 1 amide bonds. The number of ether oxygens (including phenoxy) is 4. The van der Waals surface area contributed by atoms with Crippen molar-refractivity contribution in [1.82, 2.24) is 5.32 Å². The third kappa shape index (κ3) is 13.6. The van der Waals surface area contributed by atoms with Gasteiger partial charge in [-0.05, 0) is 5.56 Å². The molecule has 16 nitrogen and oxygen atoms in total. The van der Waals surface area contributed by atoms with Gasteiger partial charge in [0.25, 0.3) is 0 Å². The van der Waals surface area contributed by atoms with E-state index in [9.17, 15) is 38.8 Å². The zero-order valence-electron chi connectivity index (χ0n) is 22.8. The molecule has 0 aliphatic carbocycles. The number of rotatable bonds is 10. The fraction of sp³-hybridized carbons (Fsp3) is 0.542. The molecule has 1 aliphatic rings. The summed E-state index contributed by atoms with van der Waals surface area (Å²) in [5.74, 6) is -3.13. The van der Waals surface area contributed by atoms with Crippen molar-refractivity contribution >= 4 is 37.6 Å². The molecule has 41 heavy (non-hydrogen) atoms. The molecular formula is C24H34NO15P. The summed E-state index contributed by atoms with van der Waals surface area (Å²) < 4.78 is 40.7. The normalized spacial score (nSPS) is 21.7. The van der Waals surface area contributed by atoms with Gasteiger partial charge in [-0.1, -0.05) is 30.3 Å². The van der Waals surface area contributed by atoms with Crippen LogP contribution in [0.1, 0.15) is 33.3 Å². The number of benzene rings is 1.